The van der Waals surface area contributed by atoms with Crippen molar-refractivity contribution in [3.8, 4) is 0 Å². The molecule has 0 amide bonds. The lowest BCUT2D eigenvalue weighted by Gasteiger charge is -1.79. The topological polar surface area (TPSA) is 0 Å². The lowest BCUT2D eigenvalue weighted by atomic mass is 10.3. The van der Waals surface area contributed by atoms with Gasteiger partial charge in [0.2, 0.25) is 0 Å². The molecule has 1 aliphatic carbocycles. The summed E-state index contributed by atoms with van der Waals surface area (Å²) in [5.74, 6) is 0. The molecule has 0 bridgehead atoms. The Bertz CT molecular complexity index is 682. The van der Waals surface area contributed by atoms with Gasteiger partial charge in [-0.1, -0.05) is 158 Å². The summed E-state index contributed by atoms with van der Waals surface area (Å²) in [6, 6.07) is 0. The van der Waals surface area contributed by atoms with E-state index in [-0.39, 0.29) is 0 Å². The third-order valence-electron chi connectivity index (χ3n) is 3.10. The van der Waals surface area contributed by atoms with Crippen molar-refractivity contribution in [2.75, 3.05) is 0 Å². The van der Waals surface area contributed by atoms with Gasteiger partial charge in [0.25, 0.3) is 0 Å². The molecule has 0 radical (unpaired) electrons. The molecule has 27 heavy (non-hydrogen) atoms. The molecule has 0 atom stereocenters. The normalized spacial score (nSPS) is 30.5. The second-order valence-electron chi connectivity index (χ2n) is 5.33. The minimum Gasteiger partial charge on any atom is -0.0807 e. The van der Waals surface area contributed by atoms with Crippen molar-refractivity contribution in [1.82, 2.24) is 0 Å². The summed E-state index contributed by atoms with van der Waals surface area (Å²) in [7, 11) is 0. The molecule has 0 saturated heterocycles. The van der Waals surface area contributed by atoms with Gasteiger partial charge in [-0.15, -0.1) is 0 Å². The zero-order valence-electron chi connectivity index (χ0n) is 15.7. The molecule has 0 fully saturated rings. The molecule has 0 spiro atoms. The first kappa shape index (κ1) is 21.7. The molecule has 136 valence electrons. The summed E-state index contributed by atoms with van der Waals surface area (Å²) in [4.78, 5) is 0. The predicted molar refractivity (Wildman–Crippen MR) is 123 cm³/mol. The van der Waals surface area contributed by atoms with Crippen LogP contribution in [0.4, 0.5) is 0 Å². The van der Waals surface area contributed by atoms with Gasteiger partial charge >= 0.3 is 0 Å². The van der Waals surface area contributed by atoms with Crippen LogP contribution in [0.3, 0.4) is 0 Å². The van der Waals surface area contributed by atoms with Gasteiger partial charge in [-0.2, -0.15) is 0 Å². The molecule has 0 aliphatic heterocycles. The molecule has 1 rings (SSSR count). The standard InChI is InChI=1S/C27H28/c1-2-4-6-8-10-12-14-16-18-20-22-24-26-27-25-23-21-19-17-15-13-11-9-7-5-3-1/h1-26H,27H2/b2-1+,5-3+,6-4+,9-7-,10-8+,13-11+,14-12-,17-15+,18-16+,21-19+,22-20+,25-23?,26-24+. The van der Waals surface area contributed by atoms with Crippen LogP contribution in [0.1, 0.15) is 6.42 Å². The van der Waals surface area contributed by atoms with E-state index in [9.17, 15) is 0 Å². The summed E-state index contributed by atoms with van der Waals surface area (Å²) in [6.07, 6.45) is 53.5. The van der Waals surface area contributed by atoms with Gasteiger partial charge in [-0.25, -0.2) is 0 Å². The Labute approximate surface area is 164 Å². The third kappa shape index (κ3) is 17.2. The fraction of sp³-hybridized carbons (Fsp3) is 0.0370. The van der Waals surface area contributed by atoms with Crippen molar-refractivity contribution in [2.45, 2.75) is 6.42 Å². The van der Waals surface area contributed by atoms with Crippen LogP contribution >= 0.6 is 0 Å². The Morgan fingerprint density at radius 3 is 0.519 bits per heavy atom. The predicted octanol–water partition coefficient (Wildman–Crippen LogP) is 7.62. The van der Waals surface area contributed by atoms with Crippen molar-refractivity contribution < 1.29 is 0 Å². The average Bonchev–Trinajstić information content (AvgIpc) is 2.68. The quantitative estimate of drug-likeness (QED) is 0.420. The molecule has 1 aliphatic rings. The zero-order chi connectivity index (χ0) is 19.1. The first-order valence-corrected chi connectivity index (χ1v) is 9.15. The van der Waals surface area contributed by atoms with Crippen molar-refractivity contribution in [3.63, 3.8) is 0 Å². The Kier molecular flexibility index (Phi) is 15.2. The minimum atomic E-state index is 0.924. The van der Waals surface area contributed by atoms with E-state index in [1.165, 1.54) is 0 Å². The largest absolute Gasteiger partial charge is 0.0807 e. The van der Waals surface area contributed by atoms with E-state index in [0.29, 0.717) is 0 Å². The maximum atomic E-state index is 2.12. The van der Waals surface area contributed by atoms with Crippen molar-refractivity contribution in [1.29, 1.82) is 0 Å². The van der Waals surface area contributed by atoms with Crippen molar-refractivity contribution in [3.05, 3.63) is 158 Å². The molecule has 0 aromatic rings. The van der Waals surface area contributed by atoms with E-state index in [1.807, 2.05) is 134 Å². The average molecular weight is 353 g/mol. The molecular formula is C27H28. The summed E-state index contributed by atoms with van der Waals surface area (Å²) in [5.41, 5.74) is 0. The van der Waals surface area contributed by atoms with Crippen LogP contribution < -0.4 is 0 Å². The minimum absolute atomic E-state index is 0.924. The molecule has 0 heteroatoms. The van der Waals surface area contributed by atoms with Gasteiger partial charge in [0.15, 0.2) is 0 Å². The lowest BCUT2D eigenvalue weighted by molar-refractivity contribution is 1.39. The van der Waals surface area contributed by atoms with Crippen LogP contribution in [-0.4, -0.2) is 0 Å². The first-order chi connectivity index (χ1) is 13.5. The highest BCUT2D eigenvalue weighted by Gasteiger charge is 1.69. The van der Waals surface area contributed by atoms with Crippen LogP contribution in [0.2, 0.25) is 0 Å². The Hall–Kier alpha value is -3.38. The maximum absolute atomic E-state index is 2.12. The highest BCUT2D eigenvalue weighted by atomic mass is 13.8. The van der Waals surface area contributed by atoms with E-state index < -0.39 is 0 Å². The van der Waals surface area contributed by atoms with Crippen LogP contribution in [0.5, 0.6) is 0 Å². The Morgan fingerprint density at radius 2 is 0.333 bits per heavy atom. The number of hydrogen-bond acceptors (Lipinski definition) is 0. The van der Waals surface area contributed by atoms with Crippen LogP contribution in [0.15, 0.2) is 158 Å². The molecule has 0 unspecified atom stereocenters. The van der Waals surface area contributed by atoms with Gasteiger partial charge in [0.05, 0.1) is 0 Å². The number of hydrogen-bond donors (Lipinski definition) is 0. The molecule has 0 aromatic carbocycles. The highest BCUT2D eigenvalue weighted by molar-refractivity contribution is 5.23. The molecule has 0 N–H and O–H groups in total. The highest BCUT2D eigenvalue weighted by Crippen LogP contribution is 1.91. The number of allylic oxidation sites excluding steroid dienone is 26. The molecule has 0 saturated carbocycles. The summed E-state index contributed by atoms with van der Waals surface area (Å²) < 4.78 is 0. The molecule has 0 heterocycles. The second-order valence-corrected chi connectivity index (χ2v) is 5.33. The lowest BCUT2D eigenvalue weighted by Crippen LogP contribution is -1.58. The first-order valence-electron chi connectivity index (χ1n) is 9.15. The second kappa shape index (κ2) is 19.0. The van der Waals surface area contributed by atoms with Crippen LogP contribution in [0.25, 0.3) is 0 Å². The van der Waals surface area contributed by atoms with Gasteiger partial charge in [0, 0.05) is 0 Å². The smallest absolute Gasteiger partial charge is 0.0163 e. The SMILES string of the molecule is C1=CC/C=C/C=C/C=C/C=C\C=C\C=C\C=C\C=C\C=C/C=C/C=C/C=C/1. The summed E-state index contributed by atoms with van der Waals surface area (Å²) in [6.45, 7) is 0. The van der Waals surface area contributed by atoms with Crippen LogP contribution in [-0.2, 0) is 0 Å². The van der Waals surface area contributed by atoms with Crippen molar-refractivity contribution >= 4 is 0 Å². The third-order valence-corrected chi connectivity index (χ3v) is 3.10. The van der Waals surface area contributed by atoms with E-state index in [2.05, 4.69) is 24.3 Å². The maximum Gasteiger partial charge on any atom is -0.0163 e. The molecular weight excluding hydrogens is 324 g/mol. The molecule has 0 nitrogen and oxygen atoms in total. The van der Waals surface area contributed by atoms with E-state index >= 15 is 0 Å². The van der Waals surface area contributed by atoms with E-state index in [4.69, 9.17) is 0 Å². The monoisotopic (exact) mass is 352 g/mol. The molecule has 0 aromatic heterocycles. The fourth-order valence-electron chi connectivity index (χ4n) is 1.80. The van der Waals surface area contributed by atoms with Gasteiger partial charge < -0.3 is 0 Å². The zero-order valence-corrected chi connectivity index (χ0v) is 15.7. The van der Waals surface area contributed by atoms with E-state index in [1.54, 1.807) is 0 Å². The summed E-state index contributed by atoms with van der Waals surface area (Å²) in [5, 5.41) is 0. The van der Waals surface area contributed by atoms with Gasteiger partial charge in [-0.3, -0.25) is 0 Å². The summed E-state index contributed by atoms with van der Waals surface area (Å²) >= 11 is 0. The van der Waals surface area contributed by atoms with Crippen molar-refractivity contribution in [2.24, 2.45) is 0 Å². The van der Waals surface area contributed by atoms with Crippen LogP contribution in [0, 0.1) is 0 Å². The van der Waals surface area contributed by atoms with Gasteiger partial charge in [0.1, 0.15) is 0 Å². The fourth-order valence-corrected chi connectivity index (χ4v) is 1.80. The Morgan fingerprint density at radius 1 is 0.185 bits per heavy atom. The van der Waals surface area contributed by atoms with E-state index in [0.717, 1.165) is 6.42 Å². The number of rotatable bonds is 0. The Balaban J connectivity index is 2.64. The van der Waals surface area contributed by atoms with Gasteiger partial charge in [-0.05, 0) is 6.42 Å².